The van der Waals surface area contributed by atoms with Gasteiger partial charge in [0.15, 0.2) is 0 Å². The van der Waals surface area contributed by atoms with Gasteiger partial charge in [-0.15, -0.1) is 0 Å². The molecular weight excluding hydrogens is 235 g/mol. The Bertz CT molecular complexity index is 412. The van der Waals surface area contributed by atoms with Crippen molar-refractivity contribution < 1.29 is 4.79 Å². The minimum absolute atomic E-state index is 0.151. The number of hydrogen-bond donors (Lipinski definition) is 1. The molecule has 1 aromatic rings. The maximum atomic E-state index is 11.0. The second-order valence-corrected chi connectivity index (χ2v) is 3.66. The van der Waals surface area contributed by atoms with Crippen LogP contribution in [-0.4, -0.2) is 12.5 Å². The molecule has 0 aliphatic heterocycles. The van der Waals surface area contributed by atoms with Crippen LogP contribution in [0.3, 0.4) is 0 Å². The molecule has 0 bridgehead atoms. The van der Waals surface area contributed by atoms with Crippen LogP contribution in [-0.2, 0) is 11.3 Å². The molecule has 0 saturated carbocycles. The number of carbonyl (C=O) groups excluding carboxylic acids is 1. The molecule has 1 aromatic carbocycles. The van der Waals surface area contributed by atoms with E-state index >= 15 is 0 Å². The molecule has 15 heavy (non-hydrogen) atoms. The Morgan fingerprint density at radius 1 is 1.40 bits per heavy atom. The molecule has 0 fully saturated rings. The van der Waals surface area contributed by atoms with Crippen LogP contribution in [0.4, 0.5) is 0 Å². The van der Waals surface area contributed by atoms with Crippen molar-refractivity contribution in [3.63, 3.8) is 0 Å². The molecule has 0 heterocycles. The smallest absolute Gasteiger partial charge is 0.300 e. The molecule has 0 aromatic heterocycles. The number of benzene rings is 1. The van der Waals surface area contributed by atoms with Crippen molar-refractivity contribution in [3.05, 3.63) is 45.2 Å². The Hall–Kier alpha value is -1.24. The van der Waals surface area contributed by atoms with Gasteiger partial charge in [-0.3, -0.25) is 4.79 Å². The molecule has 78 valence electrons. The highest BCUT2D eigenvalue weighted by Crippen LogP contribution is 2.22. The van der Waals surface area contributed by atoms with Gasteiger partial charge in [-0.2, -0.15) is 0 Å². The molecule has 5 heteroatoms. The largest absolute Gasteiger partial charge is 0.346 e. The zero-order valence-electron chi connectivity index (χ0n) is 7.76. The van der Waals surface area contributed by atoms with Crippen molar-refractivity contribution in [2.24, 2.45) is 0 Å². The van der Waals surface area contributed by atoms with Crippen molar-refractivity contribution >= 4 is 29.1 Å². The summed E-state index contributed by atoms with van der Waals surface area (Å²) < 4.78 is 0. The fraction of sp³-hybridized carbons (Fsp3) is 0.200. The molecule has 0 saturated heterocycles. The Labute approximate surface area is 97.8 Å². The van der Waals surface area contributed by atoms with Crippen LogP contribution in [0.15, 0.2) is 18.2 Å². The summed E-state index contributed by atoms with van der Waals surface area (Å²) in [6.07, 6.45) is 0. The average Bonchev–Trinajstić information content (AvgIpc) is 2.20. The van der Waals surface area contributed by atoms with Gasteiger partial charge in [0.1, 0.15) is 0 Å². The molecular formula is C10H8Cl2N2O. The van der Waals surface area contributed by atoms with Crippen LogP contribution in [0.5, 0.6) is 0 Å². The van der Waals surface area contributed by atoms with Gasteiger partial charge in [0.25, 0.3) is 12.5 Å². The normalized spacial score (nSPS) is 9.40. The Balaban J connectivity index is 2.55. The van der Waals surface area contributed by atoms with Gasteiger partial charge < -0.3 is 10.2 Å². The molecule has 0 unspecified atom stereocenters. The van der Waals surface area contributed by atoms with Crippen molar-refractivity contribution in [2.45, 2.75) is 6.54 Å². The first-order valence-electron chi connectivity index (χ1n) is 4.17. The summed E-state index contributed by atoms with van der Waals surface area (Å²) in [4.78, 5) is 14.0. The lowest BCUT2D eigenvalue weighted by Crippen LogP contribution is -2.24. The summed E-state index contributed by atoms with van der Waals surface area (Å²) in [6, 6.07) is 5.12. The van der Waals surface area contributed by atoms with E-state index in [1.54, 1.807) is 18.2 Å². The van der Waals surface area contributed by atoms with Crippen molar-refractivity contribution in [1.29, 1.82) is 0 Å². The first-order chi connectivity index (χ1) is 7.13. The van der Waals surface area contributed by atoms with Crippen molar-refractivity contribution in [3.8, 4) is 0 Å². The van der Waals surface area contributed by atoms with Gasteiger partial charge >= 0.3 is 0 Å². The van der Waals surface area contributed by atoms with E-state index in [9.17, 15) is 4.79 Å². The minimum Gasteiger partial charge on any atom is -0.346 e. The number of rotatable bonds is 3. The highest BCUT2D eigenvalue weighted by Gasteiger charge is 2.04. The molecule has 0 aliphatic rings. The van der Waals surface area contributed by atoms with E-state index in [0.717, 1.165) is 5.56 Å². The van der Waals surface area contributed by atoms with E-state index in [1.807, 2.05) is 0 Å². The first-order valence-corrected chi connectivity index (χ1v) is 4.93. The van der Waals surface area contributed by atoms with Crippen LogP contribution >= 0.6 is 23.2 Å². The summed E-state index contributed by atoms with van der Waals surface area (Å²) in [6.45, 7) is 6.70. The van der Waals surface area contributed by atoms with E-state index in [0.29, 0.717) is 16.6 Å². The number of carbonyl (C=O) groups is 1. The molecule has 3 nitrogen and oxygen atoms in total. The standard InChI is InChI=1S/C10H8Cl2N2O/c1-13-6-10(15)14-5-7-2-3-8(11)9(12)4-7/h2-4H,5-6H2,(H,14,15). The molecule has 0 atom stereocenters. The van der Waals surface area contributed by atoms with Gasteiger partial charge in [0.2, 0.25) is 0 Å². The lowest BCUT2D eigenvalue weighted by molar-refractivity contribution is -0.119. The van der Waals surface area contributed by atoms with E-state index in [2.05, 4.69) is 10.2 Å². The minimum atomic E-state index is -0.295. The van der Waals surface area contributed by atoms with Gasteiger partial charge in [0.05, 0.1) is 10.0 Å². The number of amides is 1. The molecule has 0 spiro atoms. The Morgan fingerprint density at radius 2 is 2.13 bits per heavy atom. The van der Waals surface area contributed by atoms with Crippen LogP contribution in [0.25, 0.3) is 4.85 Å². The number of halogens is 2. The van der Waals surface area contributed by atoms with E-state index in [1.165, 1.54) is 0 Å². The second kappa shape index (κ2) is 5.59. The average molecular weight is 243 g/mol. The predicted molar refractivity (Wildman–Crippen MR) is 59.8 cm³/mol. The van der Waals surface area contributed by atoms with Crippen LogP contribution in [0, 0.1) is 6.57 Å². The number of nitrogens with one attached hydrogen (secondary N) is 1. The zero-order chi connectivity index (χ0) is 11.3. The Morgan fingerprint density at radius 3 is 2.73 bits per heavy atom. The molecule has 1 rings (SSSR count). The molecule has 1 amide bonds. The summed E-state index contributed by atoms with van der Waals surface area (Å²) in [5.74, 6) is -0.295. The van der Waals surface area contributed by atoms with Gasteiger partial charge in [-0.1, -0.05) is 29.3 Å². The van der Waals surface area contributed by atoms with E-state index in [4.69, 9.17) is 29.8 Å². The summed E-state index contributed by atoms with van der Waals surface area (Å²) in [5, 5.41) is 3.52. The lowest BCUT2D eigenvalue weighted by Gasteiger charge is -2.03. The summed E-state index contributed by atoms with van der Waals surface area (Å²) in [5.41, 5.74) is 0.850. The third-order valence-corrected chi connectivity index (χ3v) is 2.44. The van der Waals surface area contributed by atoms with Gasteiger partial charge in [-0.05, 0) is 17.7 Å². The first kappa shape index (κ1) is 11.8. The van der Waals surface area contributed by atoms with E-state index < -0.39 is 0 Å². The monoisotopic (exact) mass is 242 g/mol. The number of hydrogen-bond acceptors (Lipinski definition) is 1. The van der Waals surface area contributed by atoms with Crippen LogP contribution in [0.2, 0.25) is 10.0 Å². The van der Waals surface area contributed by atoms with Gasteiger partial charge in [0, 0.05) is 6.54 Å². The third kappa shape index (κ3) is 3.78. The fourth-order valence-electron chi connectivity index (χ4n) is 0.978. The third-order valence-electron chi connectivity index (χ3n) is 1.70. The quantitative estimate of drug-likeness (QED) is 0.813. The molecule has 0 aliphatic carbocycles. The summed E-state index contributed by atoms with van der Waals surface area (Å²) >= 11 is 11.5. The lowest BCUT2D eigenvalue weighted by atomic mass is 10.2. The second-order valence-electron chi connectivity index (χ2n) is 2.84. The van der Waals surface area contributed by atoms with E-state index in [-0.39, 0.29) is 12.5 Å². The molecule has 1 N–H and O–H groups in total. The van der Waals surface area contributed by atoms with Crippen molar-refractivity contribution in [1.82, 2.24) is 5.32 Å². The SMILES string of the molecule is [C-]#[N+]CC(=O)NCc1ccc(Cl)c(Cl)c1. The number of nitrogens with zero attached hydrogens (tertiary/aromatic N) is 1. The maximum Gasteiger partial charge on any atom is 0.300 e. The molecule has 0 radical (unpaired) electrons. The highest BCUT2D eigenvalue weighted by molar-refractivity contribution is 6.42. The predicted octanol–water partition coefficient (Wildman–Crippen LogP) is 2.53. The highest BCUT2D eigenvalue weighted by atomic mass is 35.5. The van der Waals surface area contributed by atoms with Crippen LogP contribution in [0.1, 0.15) is 5.56 Å². The zero-order valence-corrected chi connectivity index (χ0v) is 9.27. The van der Waals surface area contributed by atoms with Crippen LogP contribution < -0.4 is 5.32 Å². The van der Waals surface area contributed by atoms with Gasteiger partial charge in [-0.25, -0.2) is 6.57 Å². The topological polar surface area (TPSA) is 33.5 Å². The summed E-state index contributed by atoms with van der Waals surface area (Å²) in [7, 11) is 0. The van der Waals surface area contributed by atoms with Crippen molar-refractivity contribution in [2.75, 3.05) is 6.54 Å². The Kier molecular flexibility index (Phi) is 4.41. The fourth-order valence-corrected chi connectivity index (χ4v) is 1.30. The maximum absolute atomic E-state index is 11.0.